The van der Waals surface area contributed by atoms with Gasteiger partial charge in [-0.15, -0.1) is 10.2 Å². The van der Waals surface area contributed by atoms with E-state index in [9.17, 15) is 0 Å². The molecule has 2 aromatic rings. The Balaban J connectivity index is 2.39. The second kappa shape index (κ2) is 5.15. The van der Waals surface area contributed by atoms with Crippen molar-refractivity contribution in [1.82, 2.24) is 10.2 Å². The summed E-state index contributed by atoms with van der Waals surface area (Å²) < 4.78 is 5.58. The Labute approximate surface area is 110 Å². The van der Waals surface area contributed by atoms with Crippen molar-refractivity contribution in [3.05, 3.63) is 28.8 Å². The fraction of sp³-hybridized carbons (Fsp3) is 0.308. The van der Waals surface area contributed by atoms with E-state index in [2.05, 4.69) is 16.3 Å². The van der Waals surface area contributed by atoms with Crippen molar-refractivity contribution in [2.75, 3.05) is 0 Å². The third-order valence-corrected chi connectivity index (χ3v) is 3.12. The molecule has 0 spiro atoms. The first kappa shape index (κ1) is 12.5. The number of aromatic nitrogens is 2. The molecular weight excluding hydrogens is 246 g/mol. The fourth-order valence-corrected chi connectivity index (χ4v) is 2.21. The SMILES string of the molecule is Cc1nnc(-c2ccc(OC(C)C)c(C#N)c2)s1. The average molecular weight is 259 g/mol. The highest BCUT2D eigenvalue weighted by atomic mass is 32.1. The molecule has 5 heteroatoms. The van der Waals surface area contributed by atoms with Crippen LogP contribution in [0.15, 0.2) is 18.2 Å². The van der Waals surface area contributed by atoms with E-state index in [1.54, 1.807) is 6.07 Å². The Bertz CT molecular complexity index is 599. The normalized spacial score (nSPS) is 10.4. The van der Waals surface area contributed by atoms with Crippen molar-refractivity contribution in [3.8, 4) is 22.4 Å². The zero-order chi connectivity index (χ0) is 13.1. The number of ether oxygens (including phenoxy) is 1. The van der Waals surface area contributed by atoms with Crippen molar-refractivity contribution in [2.24, 2.45) is 0 Å². The summed E-state index contributed by atoms with van der Waals surface area (Å²) >= 11 is 1.51. The molecule has 92 valence electrons. The number of rotatable bonds is 3. The molecule has 2 rings (SSSR count). The number of hydrogen-bond acceptors (Lipinski definition) is 5. The first-order chi connectivity index (χ1) is 8.60. The van der Waals surface area contributed by atoms with Gasteiger partial charge in [-0.05, 0) is 39.0 Å². The zero-order valence-electron chi connectivity index (χ0n) is 10.5. The highest BCUT2D eigenvalue weighted by molar-refractivity contribution is 7.14. The summed E-state index contributed by atoms with van der Waals surface area (Å²) in [6.07, 6.45) is 0.0479. The second-order valence-corrected chi connectivity index (χ2v) is 5.30. The van der Waals surface area contributed by atoms with Gasteiger partial charge in [-0.1, -0.05) is 11.3 Å². The molecule has 4 nitrogen and oxygen atoms in total. The van der Waals surface area contributed by atoms with E-state index in [1.807, 2.05) is 32.9 Å². The maximum Gasteiger partial charge on any atom is 0.147 e. The van der Waals surface area contributed by atoms with Crippen LogP contribution in [0, 0.1) is 18.3 Å². The molecule has 1 aromatic heterocycles. The van der Waals surface area contributed by atoms with Gasteiger partial charge < -0.3 is 4.74 Å². The summed E-state index contributed by atoms with van der Waals surface area (Å²) in [6.45, 7) is 5.77. The van der Waals surface area contributed by atoms with Gasteiger partial charge in [0.2, 0.25) is 0 Å². The maximum absolute atomic E-state index is 9.15. The van der Waals surface area contributed by atoms with Gasteiger partial charge in [-0.3, -0.25) is 0 Å². The molecule has 0 aliphatic heterocycles. The van der Waals surface area contributed by atoms with E-state index >= 15 is 0 Å². The second-order valence-electron chi connectivity index (χ2n) is 4.12. The number of aryl methyl sites for hydroxylation is 1. The molecule has 0 bridgehead atoms. The minimum atomic E-state index is 0.0479. The highest BCUT2D eigenvalue weighted by Crippen LogP contribution is 2.28. The molecule has 0 saturated heterocycles. The Hall–Kier alpha value is -1.93. The largest absolute Gasteiger partial charge is 0.490 e. The van der Waals surface area contributed by atoms with E-state index < -0.39 is 0 Å². The molecule has 1 heterocycles. The third kappa shape index (κ3) is 2.66. The lowest BCUT2D eigenvalue weighted by molar-refractivity contribution is 0.242. The Morgan fingerprint density at radius 2 is 2.11 bits per heavy atom. The Morgan fingerprint density at radius 1 is 1.33 bits per heavy atom. The first-order valence-electron chi connectivity index (χ1n) is 5.61. The third-order valence-electron chi connectivity index (χ3n) is 2.24. The highest BCUT2D eigenvalue weighted by Gasteiger charge is 2.10. The van der Waals surface area contributed by atoms with Crippen LogP contribution in [0.4, 0.5) is 0 Å². The monoisotopic (exact) mass is 259 g/mol. The Kier molecular flexibility index (Phi) is 3.58. The van der Waals surface area contributed by atoms with Crippen molar-refractivity contribution in [1.29, 1.82) is 5.26 Å². The van der Waals surface area contributed by atoms with E-state index in [1.165, 1.54) is 11.3 Å². The van der Waals surface area contributed by atoms with Gasteiger partial charge in [0.25, 0.3) is 0 Å². The summed E-state index contributed by atoms with van der Waals surface area (Å²) in [4.78, 5) is 0. The van der Waals surface area contributed by atoms with Crippen LogP contribution in [0.25, 0.3) is 10.6 Å². The van der Waals surface area contributed by atoms with E-state index in [0.29, 0.717) is 11.3 Å². The van der Waals surface area contributed by atoms with Crippen LogP contribution in [0.2, 0.25) is 0 Å². The molecule has 0 N–H and O–H groups in total. The lowest BCUT2D eigenvalue weighted by Gasteiger charge is -2.11. The molecule has 18 heavy (non-hydrogen) atoms. The molecule has 0 saturated carbocycles. The zero-order valence-corrected chi connectivity index (χ0v) is 11.3. The smallest absolute Gasteiger partial charge is 0.147 e. The molecule has 0 radical (unpaired) electrons. The predicted molar refractivity (Wildman–Crippen MR) is 70.6 cm³/mol. The standard InChI is InChI=1S/C13H13N3OS/c1-8(2)17-12-5-4-10(6-11(12)7-14)13-16-15-9(3)18-13/h4-6,8H,1-3H3. The van der Waals surface area contributed by atoms with Crippen LogP contribution in [-0.2, 0) is 0 Å². The number of nitriles is 1. The van der Waals surface area contributed by atoms with Crippen LogP contribution in [0.3, 0.4) is 0 Å². The summed E-state index contributed by atoms with van der Waals surface area (Å²) in [7, 11) is 0. The van der Waals surface area contributed by atoms with Crippen LogP contribution < -0.4 is 4.74 Å². The fourth-order valence-electron chi connectivity index (χ4n) is 1.52. The van der Waals surface area contributed by atoms with Crippen LogP contribution in [0.5, 0.6) is 5.75 Å². The topological polar surface area (TPSA) is 58.8 Å². The van der Waals surface area contributed by atoms with Crippen LogP contribution in [-0.4, -0.2) is 16.3 Å². The van der Waals surface area contributed by atoms with Gasteiger partial charge in [-0.2, -0.15) is 5.26 Å². The average Bonchev–Trinajstić information content (AvgIpc) is 2.75. The minimum absolute atomic E-state index is 0.0479. The number of hydrogen-bond donors (Lipinski definition) is 0. The summed E-state index contributed by atoms with van der Waals surface area (Å²) in [5, 5.41) is 18.9. The van der Waals surface area contributed by atoms with Crippen molar-refractivity contribution in [3.63, 3.8) is 0 Å². The van der Waals surface area contributed by atoms with Crippen molar-refractivity contribution < 1.29 is 4.74 Å². The van der Waals surface area contributed by atoms with Gasteiger partial charge in [0.1, 0.15) is 21.8 Å². The summed E-state index contributed by atoms with van der Waals surface area (Å²) in [5.74, 6) is 0.609. The summed E-state index contributed by atoms with van der Waals surface area (Å²) in [6, 6.07) is 7.65. The lowest BCUT2D eigenvalue weighted by atomic mass is 10.1. The van der Waals surface area contributed by atoms with Crippen molar-refractivity contribution >= 4 is 11.3 Å². The minimum Gasteiger partial charge on any atom is -0.490 e. The quantitative estimate of drug-likeness (QED) is 0.849. The van der Waals surface area contributed by atoms with Crippen LogP contribution in [0.1, 0.15) is 24.4 Å². The van der Waals surface area contributed by atoms with E-state index in [4.69, 9.17) is 10.00 Å². The molecule has 0 aliphatic carbocycles. The van der Waals surface area contributed by atoms with Gasteiger partial charge in [0, 0.05) is 5.56 Å². The number of nitrogens with zero attached hydrogens (tertiary/aromatic N) is 3. The van der Waals surface area contributed by atoms with E-state index in [-0.39, 0.29) is 6.10 Å². The molecule has 0 amide bonds. The van der Waals surface area contributed by atoms with Crippen molar-refractivity contribution in [2.45, 2.75) is 26.9 Å². The molecule has 0 unspecified atom stereocenters. The summed E-state index contributed by atoms with van der Waals surface area (Å²) in [5.41, 5.74) is 1.42. The molecule has 0 aliphatic rings. The van der Waals surface area contributed by atoms with Gasteiger partial charge in [0.05, 0.1) is 11.7 Å². The lowest BCUT2D eigenvalue weighted by Crippen LogP contribution is -2.06. The first-order valence-corrected chi connectivity index (χ1v) is 6.43. The van der Waals surface area contributed by atoms with Gasteiger partial charge in [-0.25, -0.2) is 0 Å². The molecular formula is C13H13N3OS. The maximum atomic E-state index is 9.15. The number of benzene rings is 1. The predicted octanol–water partition coefficient (Wildman–Crippen LogP) is 3.17. The van der Waals surface area contributed by atoms with Crippen LogP contribution >= 0.6 is 11.3 Å². The molecule has 0 atom stereocenters. The molecule has 0 fully saturated rings. The molecule has 1 aromatic carbocycles. The van der Waals surface area contributed by atoms with Gasteiger partial charge >= 0.3 is 0 Å². The van der Waals surface area contributed by atoms with Gasteiger partial charge in [0.15, 0.2) is 0 Å². The Morgan fingerprint density at radius 3 is 2.67 bits per heavy atom. The van der Waals surface area contributed by atoms with E-state index in [0.717, 1.165) is 15.6 Å².